The summed E-state index contributed by atoms with van der Waals surface area (Å²) in [5.41, 5.74) is 4.20. The minimum Gasteiger partial charge on any atom is -0.318 e. The van der Waals surface area contributed by atoms with Crippen molar-refractivity contribution in [2.75, 3.05) is 4.90 Å². The number of anilines is 3. The molecule has 0 aliphatic carbocycles. The van der Waals surface area contributed by atoms with Crippen LogP contribution in [0.5, 0.6) is 0 Å². The van der Waals surface area contributed by atoms with Crippen molar-refractivity contribution in [2.45, 2.75) is 6.92 Å². The largest absolute Gasteiger partial charge is 0.318 e. The van der Waals surface area contributed by atoms with Crippen LogP contribution in [0.2, 0.25) is 0 Å². The molecule has 128 valence electrons. The summed E-state index contributed by atoms with van der Waals surface area (Å²) in [4.78, 5) is 14.8. The lowest BCUT2D eigenvalue weighted by atomic mass is 10.1. The average Bonchev–Trinajstić information content (AvgIpc) is 2.68. The summed E-state index contributed by atoms with van der Waals surface area (Å²) in [5.74, 6) is 0. The maximum absolute atomic E-state index is 12.7. The van der Waals surface area contributed by atoms with Crippen molar-refractivity contribution in [3.63, 3.8) is 0 Å². The second kappa shape index (κ2) is 6.52. The smallest absolute Gasteiger partial charge is 0.258 e. The Kier molecular flexibility index (Phi) is 4.05. The Balaban J connectivity index is 1.97. The van der Waals surface area contributed by atoms with Crippen LogP contribution in [0.25, 0.3) is 10.8 Å². The van der Waals surface area contributed by atoms with Crippen LogP contribution in [0.4, 0.5) is 17.1 Å². The van der Waals surface area contributed by atoms with Gasteiger partial charge in [0.1, 0.15) is 0 Å². The van der Waals surface area contributed by atoms with Gasteiger partial charge in [-0.2, -0.15) is 0 Å². The van der Waals surface area contributed by atoms with Gasteiger partial charge in [-0.1, -0.05) is 42.5 Å². The van der Waals surface area contributed by atoms with Crippen LogP contribution in [0, 0.1) is 6.92 Å². The summed E-state index contributed by atoms with van der Waals surface area (Å²) in [6.45, 7) is 2.04. The molecule has 0 aliphatic heterocycles. The lowest BCUT2D eigenvalue weighted by molar-refractivity contribution is 0.866. The van der Waals surface area contributed by atoms with E-state index in [0.29, 0.717) is 0 Å². The molecule has 0 fully saturated rings. The first-order valence-electron chi connectivity index (χ1n) is 8.65. The van der Waals surface area contributed by atoms with E-state index in [0.717, 1.165) is 33.4 Å². The fourth-order valence-electron chi connectivity index (χ4n) is 3.40. The highest BCUT2D eigenvalue weighted by Crippen LogP contribution is 2.35. The zero-order chi connectivity index (χ0) is 18.1. The van der Waals surface area contributed by atoms with E-state index in [9.17, 15) is 4.79 Å². The van der Waals surface area contributed by atoms with Gasteiger partial charge in [0.2, 0.25) is 0 Å². The molecule has 3 aromatic carbocycles. The Bertz CT molecular complexity index is 1080. The molecule has 4 aromatic rings. The van der Waals surface area contributed by atoms with Gasteiger partial charge in [0.05, 0.1) is 0 Å². The van der Waals surface area contributed by atoms with Crippen LogP contribution in [-0.2, 0) is 7.05 Å². The molecule has 0 N–H and O–H groups in total. The van der Waals surface area contributed by atoms with E-state index in [1.807, 2.05) is 61.7 Å². The van der Waals surface area contributed by atoms with E-state index in [-0.39, 0.29) is 5.56 Å². The van der Waals surface area contributed by atoms with E-state index >= 15 is 0 Å². The zero-order valence-electron chi connectivity index (χ0n) is 14.9. The molecule has 3 nitrogen and oxygen atoms in total. The Hall–Kier alpha value is -3.33. The highest BCUT2D eigenvalue weighted by molar-refractivity contribution is 5.90. The fraction of sp³-hybridized carbons (Fsp3) is 0.0870. The van der Waals surface area contributed by atoms with E-state index in [1.165, 1.54) is 0 Å². The van der Waals surface area contributed by atoms with Crippen molar-refractivity contribution < 1.29 is 0 Å². The predicted octanol–water partition coefficient (Wildman–Crippen LogP) is 5.32. The topological polar surface area (TPSA) is 25.2 Å². The quantitative estimate of drug-likeness (QED) is 0.504. The van der Waals surface area contributed by atoms with Crippen molar-refractivity contribution in [1.82, 2.24) is 4.57 Å². The molecule has 4 rings (SSSR count). The van der Waals surface area contributed by atoms with Crippen LogP contribution >= 0.6 is 0 Å². The number of aromatic nitrogens is 1. The molecule has 0 aliphatic rings. The second-order valence-corrected chi connectivity index (χ2v) is 6.46. The standard InChI is InChI=1S/C23H20N2O/c1-17-16-24(2)23(26)22-15-20(13-14-21(17)22)25(18-9-5-3-6-10-18)19-11-7-4-8-12-19/h3-16H,1-2H3. The van der Waals surface area contributed by atoms with Gasteiger partial charge in [-0.15, -0.1) is 0 Å². The van der Waals surface area contributed by atoms with Crippen molar-refractivity contribution in [2.24, 2.45) is 7.05 Å². The molecule has 0 saturated heterocycles. The number of fused-ring (bicyclic) bond motifs is 1. The Labute approximate surface area is 152 Å². The first-order valence-corrected chi connectivity index (χ1v) is 8.65. The summed E-state index contributed by atoms with van der Waals surface area (Å²) in [6, 6.07) is 26.5. The fourth-order valence-corrected chi connectivity index (χ4v) is 3.40. The summed E-state index contributed by atoms with van der Waals surface area (Å²) < 4.78 is 1.65. The summed E-state index contributed by atoms with van der Waals surface area (Å²) in [5, 5.41) is 1.74. The number of benzene rings is 3. The van der Waals surface area contributed by atoms with E-state index in [4.69, 9.17) is 0 Å². The molecule has 26 heavy (non-hydrogen) atoms. The van der Waals surface area contributed by atoms with E-state index in [2.05, 4.69) is 35.2 Å². The third-order valence-corrected chi connectivity index (χ3v) is 4.65. The number of rotatable bonds is 3. The zero-order valence-corrected chi connectivity index (χ0v) is 14.9. The molecule has 0 atom stereocenters. The maximum Gasteiger partial charge on any atom is 0.258 e. The molecule has 1 aromatic heterocycles. The van der Waals surface area contributed by atoms with Crippen LogP contribution < -0.4 is 10.5 Å². The van der Waals surface area contributed by atoms with Gasteiger partial charge in [-0.05, 0) is 54.3 Å². The molecule has 1 heterocycles. The second-order valence-electron chi connectivity index (χ2n) is 6.46. The van der Waals surface area contributed by atoms with Crippen molar-refractivity contribution in [1.29, 1.82) is 0 Å². The highest BCUT2D eigenvalue weighted by Gasteiger charge is 2.14. The summed E-state index contributed by atoms with van der Waals surface area (Å²) in [7, 11) is 1.80. The van der Waals surface area contributed by atoms with Crippen molar-refractivity contribution in [3.8, 4) is 0 Å². The molecule has 0 saturated carbocycles. The number of hydrogen-bond acceptors (Lipinski definition) is 2. The van der Waals surface area contributed by atoms with Crippen molar-refractivity contribution in [3.05, 3.63) is 101 Å². The van der Waals surface area contributed by atoms with E-state index < -0.39 is 0 Å². The normalized spacial score (nSPS) is 10.8. The van der Waals surface area contributed by atoms with Gasteiger partial charge in [0.15, 0.2) is 0 Å². The number of hydrogen-bond donors (Lipinski definition) is 0. The van der Waals surface area contributed by atoms with Gasteiger partial charge < -0.3 is 9.47 Å². The first kappa shape index (κ1) is 16.2. The van der Waals surface area contributed by atoms with Gasteiger partial charge in [-0.3, -0.25) is 4.79 Å². The first-order chi connectivity index (χ1) is 12.6. The highest BCUT2D eigenvalue weighted by atomic mass is 16.1. The molecule has 0 bridgehead atoms. The molecule has 0 amide bonds. The Morgan fingerprint density at radius 1 is 0.731 bits per heavy atom. The van der Waals surface area contributed by atoms with Crippen LogP contribution in [0.15, 0.2) is 89.9 Å². The monoisotopic (exact) mass is 340 g/mol. The Morgan fingerprint density at radius 2 is 1.31 bits per heavy atom. The van der Waals surface area contributed by atoms with E-state index in [1.54, 1.807) is 11.6 Å². The molecular formula is C23H20N2O. The molecule has 0 unspecified atom stereocenters. The van der Waals surface area contributed by atoms with Gasteiger partial charge in [0, 0.05) is 35.7 Å². The number of aryl methyl sites for hydroxylation is 2. The SMILES string of the molecule is Cc1cn(C)c(=O)c2cc(N(c3ccccc3)c3ccccc3)ccc12. The van der Waals surface area contributed by atoms with Gasteiger partial charge >= 0.3 is 0 Å². The third-order valence-electron chi connectivity index (χ3n) is 4.65. The summed E-state index contributed by atoms with van der Waals surface area (Å²) >= 11 is 0. The van der Waals surface area contributed by atoms with Gasteiger partial charge in [-0.25, -0.2) is 0 Å². The van der Waals surface area contributed by atoms with Crippen molar-refractivity contribution >= 4 is 27.8 Å². The number of para-hydroxylation sites is 2. The molecule has 0 radical (unpaired) electrons. The molecule has 3 heteroatoms. The third kappa shape index (κ3) is 2.78. The molecular weight excluding hydrogens is 320 g/mol. The summed E-state index contributed by atoms with van der Waals surface area (Å²) in [6.07, 6.45) is 1.89. The van der Waals surface area contributed by atoms with Crippen LogP contribution in [0.1, 0.15) is 5.56 Å². The minimum absolute atomic E-state index is 0.0218. The number of pyridine rings is 1. The van der Waals surface area contributed by atoms with Gasteiger partial charge in [0.25, 0.3) is 5.56 Å². The number of nitrogens with zero attached hydrogens (tertiary/aromatic N) is 2. The van der Waals surface area contributed by atoms with Crippen LogP contribution in [-0.4, -0.2) is 4.57 Å². The average molecular weight is 340 g/mol. The predicted molar refractivity (Wildman–Crippen MR) is 109 cm³/mol. The van der Waals surface area contributed by atoms with Crippen LogP contribution in [0.3, 0.4) is 0 Å². The lowest BCUT2D eigenvalue weighted by Gasteiger charge is -2.25. The lowest BCUT2D eigenvalue weighted by Crippen LogP contribution is -2.17. The maximum atomic E-state index is 12.7. The molecule has 0 spiro atoms. The Morgan fingerprint density at radius 3 is 1.88 bits per heavy atom. The minimum atomic E-state index is 0.0218.